The molecule has 4 heteroatoms. The van der Waals surface area contributed by atoms with Crippen molar-refractivity contribution in [3.05, 3.63) is 100 Å². The van der Waals surface area contributed by atoms with Crippen molar-refractivity contribution in [2.45, 2.75) is 33.1 Å². The third-order valence-corrected chi connectivity index (χ3v) is 5.49. The van der Waals surface area contributed by atoms with Gasteiger partial charge in [0.15, 0.2) is 0 Å². The fourth-order valence-electron chi connectivity index (χ4n) is 3.85. The molecule has 1 aromatic heterocycles. The van der Waals surface area contributed by atoms with Crippen LogP contribution in [0.25, 0.3) is 27.9 Å². The van der Waals surface area contributed by atoms with E-state index in [-0.39, 0.29) is 5.56 Å². The fourth-order valence-corrected chi connectivity index (χ4v) is 3.85. The summed E-state index contributed by atoms with van der Waals surface area (Å²) >= 11 is 0. The van der Waals surface area contributed by atoms with Crippen LogP contribution in [0.1, 0.15) is 37.8 Å². The summed E-state index contributed by atoms with van der Waals surface area (Å²) in [7, 11) is 0. The highest BCUT2D eigenvalue weighted by atomic mass is 16.5. The number of aromatic amines is 1. The van der Waals surface area contributed by atoms with Crippen molar-refractivity contribution in [1.29, 1.82) is 0 Å². The van der Waals surface area contributed by atoms with E-state index in [2.05, 4.69) is 55.2 Å². The molecule has 4 aromatic rings. The molecule has 0 radical (unpaired) electrons. The summed E-state index contributed by atoms with van der Waals surface area (Å²) < 4.78 is 5.91. The number of hydrogen-bond donors (Lipinski definition) is 1. The molecule has 1 N–H and O–H groups in total. The van der Waals surface area contributed by atoms with Gasteiger partial charge in [-0.1, -0.05) is 74.5 Å². The third kappa shape index (κ3) is 4.65. The maximum Gasteiger partial charge on any atom is 0.259 e. The first-order valence-electron chi connectivity index (χ1n) is 11.2. The summed E-state index contributed by atoms with van der Waals surface area (Å²) in [6.45, 7) is 4.82. The van der Waals surface area contributed by atoms with Gasteiger partial charge in [-0.3, -0.25) is 4.79 Å². The summed E-state index contributed by atoms with van der Waals surface area (Å²) in [5.41, 5.74) is 4.81. The molecule has 0 aliphatic heterocycles. The Hall–Kier alpha value is -3.66. The largest absolute Gasteiger partial charge is 0.493 e. The first-order valence-corrected chi connectivity index (χ1v) is 11.2. The minimum absolute atomic E-state index is 0.143. The second kappa shape index (κ2) is 10.1. The number of nitrogens with zero attached hydrogens (tertiary/aromatic N) is 1. The zero-order valence-corrected chi connectivity index (χ0v) is 18.6. The number of H-pyrrole nitrogens is 1. The zero-order valence-electron chi connectivity index (χ0n) is 18.6. The molecule has 0 saturated heterocycles. The molecule has 4 rings (SSSR count). The van der Waals surface area contributed by atoms with E-state index in [0.717, 1.165) is 41.7 Å². The van der Waals surface area contributed by atoms with Gasteiger partial charge in [-0.25, -0.2) is 4.98 Å². The highest BCUT2D eigenvalue weighted by Crippen LogP contribution is 2.30. The van der Waals surface area contributed by atoms with Crippen molar-refractivity contribution < 1.29 is 4.74 Å². The smallest absolute Gasteiger partial charge is 0.259 e. The summed E-state index contributed by atoms with van der Waals surface area (Å²) in [6, 6.07) is 23.9. The van der Waals surface area contributed by atoms with Gasteiger partial charge < -0.3 is 9.72 Å². The van der Waals surface area contributed by atoms with E-state index in [4.69, 9.17) is 9.72 Å². The van der Waals surface area contributed by atoms with Gasteiger partial charge in [-0.15, -0.1) is 0 Å². The van der Waals surface area contributed by atoms with Crippen LogP contribution < -0.4 is 10.3 Å². The van der Waals surface area contributed by atoms with Crippen molar-refractivity contribution in [1.82, 2.24) is 9.97 Å². The van der Waals surface area contributed by atoms with E-state index in [0.29, 0.717) is 17.8 Å². The van der Waals surface area contributed by atoms with E-state index in [1.54, 1.807) is 0 Å². The van der Waals surface area contributed by atoms with Gasteiger partial charge in [0.2, 0.25) is 0 Å². The second-order valence-electron chi connectivity index (χ2n) is 7.73. The second-order valence-corrected chi connectivity index (χ2v) is 7.73. The Kier molecular flexibility index (Phi) is 6.81. The Balaban J connectivity index is 1.82. The number of nitrogens with one attached hydrogen (secondary N) is 1. The van der Waals surface area contributed by atoms with E-state index in [1.165, 1.54) is 11.1 Å². The Morgan fingerprint density at radius 3 is 2.53 bits per heavy atom. The lowest BCUT2D eigenvalue weighted by Crippen LogP contribution is -2.11. The monoisotopic (exact) mass is 424 g/mol. The molecule has 1 heterocycles. The fraction of sp³-hybridized carbons (Fsp3) is 0.214. The first kappa shape index (κ1) is 21.6. The first-order chi connectivity index (χ1) is 15.7. The maximum absolute atomic E-state index is 13.0. The van der Waals surface area contributed by atoms with E-state index >= 15 is 0 Å². The predicted octanol–water partition coefficient (Wildman–Crippen LogP) is 6.42. The Morgan fingerprint density at radius 2 is 1.75 bits per heavy atom. The molecule has 0 bridgehead atoms. The molecule has 0 saturated carbocycles. The number of ether oxygens (including phenoxy) is 1. The molecular weight excluding hydrogens is 396 g/mol. The van der Waals surface area contributed by atoms with E-state index in [9.17, 15) is 4.79 Å². The molecule has 32 heavy (non-hydrogen) atoms. The van der Waals surface area contributed by atoms with E-state index in [1.807, 2.05) is 42.5 Å². The molecule has 3 aromatic carbocycles. The molecule has 4 nitrogen and oxygen atoms in total. The van der Waals surface area contributed by atoms with E-state index < -0.39 is 0 Å². The summed E-state index contributed by atoms with van der Waals surface area (Å²) in [6.07, 6.45) is 4.84. The number of aromatic nitrogens is 2. The van der Waals surface area contributed by atoms with Gasteiger partial charge in [0.05, 0.1) is 23.1 Å². The van der Waals surface area contributed by atoms with Crippen molar-refractivity contribution in [2.75, 3.05) is 6.61 Å². The molecule has 0 aliphatic rings. The van der Waals surface area contributed by atoms with Gasteiger partial charge in [0.1, 0.15) is 11.6 Å². The highest BCUT2D eigenvalue weighted by Gasteiger charge is 2.14. The minimum Gasteiger partial charge on any atom is -0.493 e. The molecule has 162 valence electrons. The number of hydrogen-bond acceptors (Lipinski definition) is 3. The van der Waals surface area contributed by atoms with Crippen LogP contribution in [0.3, 0.4) is 0 Å². The molecule has 0 aliphatic carbocycles. The van der Waals surface area contributed by atoms with Gasteiger partial charge in [0.25, 0.3) is 5.56 Å². The number of fused-ring (bicyclic) bond motifs is 1. The van der Waals surface area contributed by atoms with Gasteiger partial charge in [-0.2, -0.15) is 0 Å². The minimum atomic E-state index is -0.143. The molecule has 0 unspecified atom stereocenters. The SMILES string of the molecule is CCCOc1ccccc1-c1nc2c(/C(=C/Cc3ccccc3)CC)cccc2c(=O)[nH]1. The third-order valence-electron chi connectivity index (χ3n) is 5.49. The summed E-state index contributed by atoms with van der Waals surface area (Å²) in [5.74, 6) is 1.25. The summed E-state index contributed by atoms with van der Waals surface area (Å²) in [4.78, 5) is 20.9. The maximum atomic E-state index is 13.0. The van der Waals surface area contributed by atoms with Crippen molar-refractivity contribution in [3.63, 3.8) is 0 Å². The molecule has 0 atom stereocenters. The molecule has 0 amide bonds. The molecular formula is C28H28N2O2. The van der Waals surface area contributed by atoms with Crippen LogP contribution in [0.2, 0.25) is 0 Å². The number of benzene rings is 3. The lowest BCUT2D eigenvalue weighted by Gasteiger charge is -2.13. The zero-order chi connectivity index (χ0) is 22.3. The summed E-state index contributed by atoms with van der Waals surface area (Å²) in [5, 5.41) is 0.595. The van der Waals surface area contributed by atoms with Crippen LogP contribution in [0, 0.1) is 0 Å². The van der Waals surface area contributed by atoms with Gasteiger partial charge in [0, 0.05) is 5.56 Å². The van der Waals surface area contributed by atoms with Crippen molar-refractivity contribution in [3.8, 4) is 17.1 Å². The lowest BCUT2D eigenvalue weighted by atomic mass is 9.98. The number of para-hydroxylation sites is 2. The topological polar surface area (TPSA) is 55.0 Å². The number of allylic oxidation sites excluding steroid dienone is 2. The highest BCUT2D eigenvalue weighted by molar-refractivity contribution is 5.91. The van der Waals surface area contributed by atoms with Crippen LogP contribution in [-0.4, -0.2) is 16.6 Å². The van der Waals surface area contributed by atoms with Crippen LogP contribution in [-0.2, 0) is 6.42 Å². The Labute approximate surface area is 188 Å². The van der Waals surface area contributed by atoms with Crippen LogP contribution in [0.15, 0.2) is 83.7 Å². The van der Waals surface area contributed by atoms with Gasteiger partial charge >= 0.3 is 0 Å². The van der Waals surface area contributed by atoms with Crippen molar-refractivity contribution in [2.24, 2.45) is 0 Å². The molecule has 0 fully saturated rings. The molecule has 0 spiro atoms. The average Bonchev–Trinajstić information content (AvgIpc) is 2.84. The Morgan fingerprint density at radius 1 is 0.969 bits per heavy atom. The Bertz CT molecular complexity index is 1290. The van der Waals surface area contributed by atoms with Crippen LogP contribution >= 0.6 is 0 Å². The van der Waals surface area contributed by atoms with Crippen LogP contribution in [0.4, 0.5) is 0 Å². The van der Waals surface area contributed by atoms with Crippen molar-refractivity contribution >= 4 is 16.5 Å². The quantitative estimate of drug-likeness (QED) is 0.355. The van der Waals surface area contributed by atoms with Gasteiger partial charge in [-0.05, 0) is 48.6 Å². The average molecular weight is 425 g/mol. The normalized spacial score (nSPS) is 11.6. The van der Waals surface area contributed by atoms with Crippen LogP contribution in [0.5, 0.6) is 5.75 Å². The number of rotatable bonds is 8. The standard InChI is InChI=1S/C28H28N2O2/c1-3-19-32-25-16-9-8-13-23(25)27-29-26-22(14-10-15-24(26)28(31)30-27)21(4-2)18-17-20-11-6-5-7-12-20/h5-16,18H,3-4,17,19H2,1-2H3,(H,29,30,31)/b21-18+. The lowest BCUT2D eigenvalue weighted by molar-refractivity contribution is 0.318. The predicted molar refractivity (Wildman–Crippen MR) is 132 cm³/mol.